The average Bonchev–Trinajstić information content (AvgIpc) is 2.60. The van der Waals surface area contributed by atoms with E-state index < -0.39 is 0 Å². The summed E-state index contributed by atoms with van der Waals surface area (Å²) in [4.78, 5) is 4.97. The number of aryl methyl sites for hydroxylation is 1. The summed E-state index contributed by atoms with van der Waals surface area (Å²) in [5.41, 5.74) is 5.22. The third kappa shape index (κ3) is 4.22. The number of nitrogens with one attached hydrogen (secondary N) is 1. The summed E-state index contributed by atoms with van der Waals surface area (Å²) in [5.74, 6) is 0.666. The normalized spacial score (nSPS) is 15.0. The molecule has 0 saturated carbocycles. The van der Waals surface area contributed by atoms with E-state index in [1.54, 1.807) is 0 Å². The number of hydrogen-bond donors (Lipinski definition) is 1. The Morgan fingerprint density at radius 1 is 0.875 bits per heavy atom. The van der Waals surface area contributed by atoms with Crippen molar-refractivity contribution in [2.75, 3.05) is 47.8 Å². The van der Waals surface area contributed by atoms with Gasteiger partial charge in [-0.3, -0.25) is 0 Å². The molecule has 2 aromatic rings. The molecule has 128 valence electrons. The largest absolute Gasteiger partial charge is 0.385 e. The Morgan fingerprint density at radius 2 is 1.50 bits per heavy atom. The Bertz CT molecular complexity index is 640. The van der Waals surface area contributed by atoms with Gasteiger partial charge in [-0.2, -0.15) is 0 Å². The minimum atomic E-state index is 0.666. The molecule has 2 aromatic carbocycles. The van der Waals surface area contributed by atoms with Crippen LogP contribution >= 0.6 is 0 Å². The fourth-order valence-electron chi connectivity index (χ4n) is 3.16. The summed E-state index contributed by atoms with van der Waals surface area (Å²) in [6.45, 7) is 12.0. The highest BCUT2D eigenvalue weighted by Crippen LogP contribution is 2.22. The van der Waals surface area contributed by atoms with Crippen molar-refractivity contribution in [3.63, 3.8) is 0 Å². The summed E-state index contributed by atoms with van der Waals surface area (Å²) >= 11 is 0. The smallest absolute Gasteiger partial charge is 0.0370 e. The van der Waals surface area contributed by atoms with Crippen LogP contribution in [0, 0.1) is 12.8 Å². The maximum Gasteiger partial charge on any atom is 0.0370 e. The second kappa shape index (κ2) is 7.61. The van der Waals surface area contributed by atoms with Crippen LogP contribution in [0.5, 0.6) is 0 Å². The minimum Gasteiger partial charge on any atom is -0.385 e. The van der Waals surface area contributed by atoms with E-state index in [1.807, 2.05) is 0 Å². The molecule has 0 aliphatic carbocycles. The Hall–Kier alpha value is -2.16. The van der Waals surface area contributed by atoms with Crippen molar-refractivity contribution in [3.8, 4) is 0 Å². The van der Waals surface area contributed by atoms with E-state index in [1.165, 1.54) is 22.6 Å². The molecule has 0 bridgehead atoms. The SMILES string of the molecule is Cc1cccc(N2CCN(c3ccc(NCC(C)C)cc3)CC2)c1. The lowest BCUT2D eigenvalue weighted by atomic mass is 10.1. The second-order valence-electron chi connectivity index (χ2n) is 7.13. The number of piperazine rings is 1. The van der Waals surface area contributed by atoms with Gasteiger partial charge in [0.1, 0.15) is 0 Å². The van der Waals surface area contributed by atoms with E-state index in [4.69, 9.17) is 0 Å². The first-order valence-electron chi connectivity index (χ1n) is 9.02. The lowest BCUT2D eigenvalue weighted by Gasteiger charge is -2.37. The maximum absolute atomic E-state index is 3.48. The molecule has 1 heterocycles. The average molecular weight is 323 g/mol. The number of nitrogens with zero attached hydrogens (tertiary/aromatic N) is 2. The molecule has 1 aliphatic heterocycles. The lowest BCUT2D eigenvalue weighted by Crippen LogP contribution is -2.46. The Labute approximate surface area is 146 Å². The molecule has 0 atom stereocenters. The minimum absolute atomic E-state index is 0.666. The van der Waals surface area contributed by atoms with E-state index in [0.29, 0.717) is 5.92 Å². The molecule has 3 heteroatoms. The van der Waals surface area contributed by atoms with Crippen molar-refractivity contribution in [2.45, 2.75) is 20.8 Å². The van der Waals surface area contributed by atoms with E-state index in [0.717, 1.165) is 32.7 Å². The number of rotatable bonds is 5. The van der Waals surface area contributed by atoms with E-state index in [9.17, 15) is 0 Å². The molecule has 1 N–H and O–H groups in total. The lowest BCUT2D eigenvalue weighted by molar-refractivity contribution is 0.653. The van der Waals surface area contributed by atoms with Gasteiger partial charge in [0, 0.05) is 49.8 Å². The molecular weight excluding hydrogens is 294 g/mol. The molecule has 0 spiro atoms. The van der Waals surface area contributed by atoms with Crippen LogP contribution in [0.1, 0.15) is 19.4 Å². The number of hydrogen-bond acceptors (Lipinski definition) is 3. The van der Waals surface area contributed by atoms with Crippen LogP contribution < -0.4 is 15.1 Å². The van der Waals surface area contributed by atoms with Crippen molar-refractivity contribution in [3.05, 3.63) is 54.1 Å². The zero-order chi connectivity index (χ0) is 16.9. The Balaban J connectivity index is 1.56. The van der Waals surface area contributed by atoms with Gasteiger partial charge in [0.2, 0.25) is 0 Å². The predicted molar refractivity (Wildman–Crippen MR) is 105 cm³/mol. The fourth-order valence-corrected chi connectivity index (χ4v) is 3.16. The summed E-state index contributed by atoms with van der Waals surface area (Å²) in [6, 6.07) is 17.7. The molecule has 0 radical (unpaired) electrons. The van der Waals surface area contributed by atoms with Gasteiger partial charge >= 0.3 is 0 Å². The molecule has 3 rings (SSSR count). The van der Waals surface area contributed by atoms with E-state index in [-0.39, 0.29) is 0 Å². The molecule has 0 unspecified atom stereocenters. The first kappa shape index (κ1) is 16.7. The maximum atomic E-state index is 3.48. The van der Waals surface area contributed by atoms with Crippen LogP contribution in [-0.2, 0) is 0 Å². The van der Waals surface area contributed by atoms with Crippen LogP contribution in [0.3, 0.4) is 0 Å². The Morgan fingerprint density at radius 3 is 2.08 bits per heavy atom. The van der Waals surface area contributed by atoms with E-state index >= 15 is 0 Å². The molecular formula is C21H29N3. The highest BCUT2D eigenvalue weighted by atomic mass is 15.3. The van der Waals surface area contributed by atoms with Gasteiger partial charge in [-0.1, -0.05) is 26.0 Å². The fraction of sp³-hybridized carbons (Fsp3) is 0.429. The zero-order valence-corrected chi connectivity index (χ0v) is 15.1. The molecule has 24 heavy (non-hydrogen) atoms. The Kier molecular flexibility index (Phi) is 5.29. The standard InChI is InChI=1S/C21H29N3/c1-17(2)16-22-19-7-9-20(10-8-19)23-11-13-24(14-12-23)21-6-4-5-18(3)15-21/h4-10,15,17,22H,11-14,16H2,1-3H3. The molecule has 1 fully saturated rings. The predicted octanol–water partition coefficient (Wildman–Crippen LogP) is 4.39. The highest BCUT2D eigenvalue weighted by Gasteiger charge is 2.17. The topological polar surface area (TPSA) is 18.5 Å². The van der Waals surface area contributed by atoms with Gasteiger partial charge in [-0.05, 0) is 54.8 Å². The van der Waals surface area contributed by atoms with Gasteiger partial charge < -0.3 is 15.1 Å². The van der Waals surface area contributed by atoms with Crippen LogP contribution in [-0.4, -0.2) is 32.7 Å². The third-order valence-corrected chi connectivity index (χ3v) is 4.59. The van der Waals surface area contributed by atoms with Gasteiger partial charge in [0.25, 0.3) is 0 Å². The molecule has 0 amide bonds. The molecule has 1 aliphatic rings. The summed E-state index contributed by atoms with van der Waals surface area (Å²) < 4.78 is 0. The summed E-state index contributed by atoms with van der Waals surface area (Å²) in [6.07, 6.45) is 0. The number of anilines is 3. The van der Waals surface area contributed by atoms with Gasteiger partial charge in [-0.25, -0.2) is 0 Å². The molecule has 0 aromatic heterocycles. The van der Waals surface area contributed by atoms with Gasteiger partial charge in [-0.15, -0.1) is 0 Å². The quantitative estimate of drug-likeness (QED) is 0.880. The first-order chi connectivity index (χ1) is 11.6. The van der Waals surface area contributed by atoms with Crippen molar-refractivity contribution in [1.29, 1.82) is 0 Å². The summed E-state index contributed by atoms with van der Waals surface area (Å²) in [5, 5.41) is 3.48. The second-order valence-corrected chi connectivity index (χ2v) is 7.13. The highest BCUT2D eigenvalue weighted by molar-refractivity contribution is 5.57. The molecule has 3 nitrogen and oxygen atoms in total. The number of benzene rings is 2. The van der Waals surface area contributed by atoms with Gasteiger partial charge in [0.15, 0.2) is 0 Å². The van der Waals surface area contributed by atoms with Crippen LogP contribution in [0.15, 0.2) is 48.5 Å². The molecule has 1 saturated heterocycles. The third-order valence-electron chi connectivity index (χ3n) is 4.59. The van der Waals surface area contributed by atoms with Crippen molar-refractivity contribution in [1.82, 2.24) is 0 Å². The van der Waals surface area contributed by atoms with Gasteiger partial charge in [0.05, 0.1) is 0 Å². The van der Waals surface area contributed by atoms with Crippen molar-refractivity contribution in [2.24, 2.45) is 5.92 Å². The van der Waals surface area contributed by atoms with Crippen LogP contribution in [0.25, 0.3) is 0 Å². The van der Waals surface area contributed by atoms with Crippen molar-refractivity contribution < 1.29 is 0 Å². The van der Waals surface area contributed by atoms with E-state index in [2.05, 4.69) is 84.4 Å². The van der Waals surface area contributed by atoms with Crippen molar-refractivity contribution >= 4 is 17.1 Å². The van der Waals surface area contributed by atoms with Crippen LogP contribution in [0.2, 0.25) is 0 Å². The zero-order valence-electron chi connectivity index (χ0n) is 15.1. The summed E-state index contributed by atoms with van der Waals surface area (Å²) in [7, 11) is 0. The first-order valence-corrected chi connectivity index (χ1v) is 9.02. The van der Waals surface area contributed by atoms with Crippen LogP contribution in [0.4, 0.5) is 17.1 Å². The monoisotopic (exact) mass is 323 g/mol.